The molecule has 1 aromatic carbocycles. The van der Waals surface area contributed by atoms with E-state index in [4.69, 9.17) is 4.74 Å². The van der Waals surface area contributed by atoms with E-state index in [0.29, 0.717) is 5.70 Å². The summed E-state index contributed by atoms with van der Waals surface area (Å²) in [6.45, 7) is 10.7. The van der Waals surface area contributed by atoms with Gasteiger partial charge in [0.1, 0.15) is 12.3 Å². The number of hydrogen-bond donors (Lipinski definition) is 0. The standard InChI is InChI=1S/C21H27NO3S/c1-13(2)17-15-11-16(26-21(3,4)5)18(22(15)19(17)23)20(24)25-12-14-9-7-6-8-10-14/h6-10,13,15,17H,11-12H2,1-5H3. The van der Waals surface area contributed by atoms with Gasteiger partial charge in [0, 0.05) is 16.1 Å². The van der Waals surface area contributed by atoms with Gasteiger partial charge in [-0.2, -0.15) is 0 Å². The number of rotatable bonds is 5. The third-order valence-electron chi connectivity index (χ3n) is 4.72. The Morgan fingerprint density at radius 2 is 1.92 bits per heavy atom. The average molecular weight is 374 g/mol. The molecule has 26 heavy (non-hydrogen) atoms. The first-order valence-electron chi connectivity index (χ1n) is 9.15. The molecule has 0 N–H and O–H groups in total. The number of hydrogen-bond acceptors (Lipinski definition) is 4. The molecule has 0 aromatic heterocycles. The first-order chi connectivity index (χ1) is 12.2. The lowest BCUT2D eigenvalue weighted by Gasteiger charge is -2.45. The van der Waals surface area contributed by atoms with Crippen LogP contribution in [0.5, 0.6) is 0 Å². The van der Waals surface area contributed by atoms with Crippen molar-refractivity contribution in [3.8, 4) is 0 Å². The molecule has 140 valence electrons. The Morgan fingerprint density at radius 3 is 2.50 bits per heavy atom. The highest BCUT2D eigenvalue weighted by Crippen LogP contribution is 2.50. The van der Waals surface area contributed by atoms with Gasteiger partial charge in [-0.3, -0.25) is 4.79 Å². The van der Waals surface area contributed by atoms with Crippen molar-refractivity contribution in [2.45, 2.75) is 58.4 Å². The number of carbonyl (C=O) groups excluding carboxylic acids is 2. The van der Waals surface area contributed by atoms with E-state index in [1.165, 1.54) is 0 Å². The van der Waals surface area contributed by atoms with Gasteiger partial charge in [-0.15, -0.1) is 11.8 Å². The summed E-state index contributed by atoms with van der Waals surface area (Å²) in [7, 11) is 0. The number of β-lactam (4-membered cyclic amide) rings is 1. The molecular formula is C21H27NO3S. The Labute approximate surface area is 160 Å². The smallest absolute Gasteiger partial charge is 0.356 e. The number of fused-ring (bicyclic) bond motifs is 1. The van der Waals surface area contributed by atoms with Crippen LogP contribution in [0.25, 0.3) is 0 Å². The number of esters is 1. The summed E-state index contributed by atoms with van der Waals surface area (Å²) in [4.78, 5) is 28.2. The van der Waals surface area contributed by atoms with Crippen LogP contribution >= 0.6 is 11.8 Å². The van der Waals surface area contributed by atoms with Crippen LogP contribution in [0.1, 0.15) is 46.6 Å². The number of ether oxygens (including phenoxy) is 1. The monoisotopic (exact) mass is 373 g/mol. The Morgan fingerprint density at radius 1 is 1.27 bits per heavy atom. The first kappa shape index (κ1) is 19.0. The molecule has 5 heteroatoms. The molecule has 2 atom stereocenters. The highest BCUT2D eigenvalue weighted by molar-refractivity contribution is 8.04. The largest absolute Gasteiger partial charge is 0.456 e. The predicted molar refractivity (Wildman–Crippen MR) is 104 cm³/mol. The van der Waals surface area contributed by atoms with Crippen LogP contribution in [0.3, 0.4) is 0 Å². The van der Waals surface area contributed by atoms with E-state index in [-0.39, 0.29) is 35.1 Å². The topological polar surface area (TPSA) is 46.6 Å². The lowest BCUT2D eigenvalue weighted by Crippen LogP contribution is -2.60. The summed E-state index contributed by atoms with van der Waals surface area (Å²) >= 11 is 1.67. The summed E-state index contributed by atoms with van der Waals surface area (Å²) in [6, 6.07) is 9.72. The highest BCUT2D eigenvalue weighted by atomic mass is 32.2. The van der Waals surface area contributed by atoms with Crippen LogP contribution in [0, 0.1) is 11.8 Å². The maximum Gasteiger partial charge on any atom is 0.356 e. The molecule has 1 fully saturated rings. The zero-order chi connectivity index (χ0) is 19.1. The van der Waals surface area contributed by atoms with Gasteiger partial charge in [-0.1, -0.05) is 65.0 Å². The minimum Gasteiger partial charge on any atom is -0.456 e. The Kier molecular flexibility index (Phi) is 5.20. The zero-order valence-corrected chi connectivity index (χ0v) is 16.9. The van der Waals surface area contributed by atoms with Crippen molar-refractivity contribution in [2.24, 2.45) is 11.8 Å². The lowest BCUT2D eigenvalue weighted by atomic mass is 9.79. The SMILES string of the molecule is CC(C)C1C(=O)N2C(C(=O)OCc3ccccc3)=C(SC(C)(C)C)CC12. The second kappa shape index (κ2) is 7.10. The third kappa shape index (κ3) is 3.68. The van der Waals surface area contributed by atoms with Crippen LogP contribution in [0.4, 0.5) is 0 Å². The summed E-state index contributed by atoms with van der Waals surface area (Å²) in [5.41, 5.74) is 1.41. The van der Waals surface area contributed by atoms with Gasteiger partial charge in [0.05, 0.1) is 12.0 Å². The molecule has 4 nitrogen and oxygen atoms in total. The van der Waals surface area contributed by atoms with Gasteiger partial charge in [-0.05, 0) is 11.5 Å². The number of carbonyl (C=O) groups is 2. The molecule has 0 saturated carbocycles. The second-order valence-electron chi connectivity index (χ2n) is 8.30. The molecule has 2 aliphatic heterocycles. The summed E-state index contributed by atoms with van der Waals surface area (Å²) in [6.07, 6.45) is 0.756. The van der Waals surface area contributed by atoms with E-state index in [1.807, 2.05) is 30.3 Å². The molecule has 0 aliphatic carbocycles. The predicted octanol–water partition coefficient (Wildman–Crippen LogP) is 4.36. The molecule has 1 saturated heterocycles. The molecule has 3 rings (SSSR count). The third-order valence-corrected chi connectivity index (χ3v) is 5.94. The maximum absolute atomic E-state index is 12.8. The van der Waals surface area contributed by atoms with Crippen LogP contribution in [-0.2, 0) is 20.9 Å². The molecule has 1 amide bonds. The first-order valence-corrected chi connectivity index (χ1v) is 9.97. The molecule has 0 radical (unpaired) electrons. The summed E-state index contributed by atoms with van der Waals surface area (Å²) < 4.78 is 5.52. The van der Waals surface area contributed by atoms with Gasteiger partial charge < -0.3 is 9.64 Å². The highest BCUT2D eigenvalue weighted by Gasteiger charge is 2.56. The van der Waals surface area contributed by atoms with Crippen LogP contribution in [-0.4, -0.2) is 27.6 Å². The quantitative estimate of drug-likeness (QED) is 0.568. The molecule has 2 unspecified atom stereocenters. The number of amides is 1. The van der Waals surface area contributed by atoms with Crippen molar-refractivity contribution in [1.82, 2.24) is 4.90 Å². The van der Waals surface area contributed by atoms with Crippen LogP contribution in [0.15, 0.2) is 40.9 Å². The Balaban J connectivity index is 1.81. The van der Waals surface area contributed by atoms with Crippen molar-refractivity contribution in [3.05, 3.63) is 46.5 Å². The lowest BCUT2D eigenvalue weighted by molar-refractivity contribution is -0.159. The fraction of sp³-hybridized carbons (Fsp3) is 0.524. The molecule has 0 spiro atoms. The number of benzene rings is 1. The van der Waals surface area contributed by atoms with Gasteiger partial charge >= 0.3 is 5.97 Å². The number of thioether (sulfide) groups is 1. The van der Waals surface area contributed by atoms with Crippen LogP contribution < -0.4 is 0 Å². The Hall–Kier alpha value is -1.75. The van der Waals surface area contributed by atoms with Gasteiger partial charge in [-0.25, -0.2) is 4.79 Å². The van der Waals surface area contributed by atoms with Crippen molar-refractivity contribution in [1.29, 1.82) is 0 Å². The molecule has 0 bridgehead atoms. The van der Waals surface area contributed by atoms with E-state index in [0.717, 1.165) is 16.9 Å². The fourth-order valence-corrected chi connectivity index (χ4v) is 4.95. The van der Waals surface area contributed by atoms with E-state index >= 15 is 0 Å². The fourth-order valence-electron chi connectivity index (χ4n) is 3.68. The van der Waals surface area contributed by atoms with Crippen molar-refractivity contribution in [2.75, 3.05) is 0 Å². The van der Waals surface area contributed by atoms with Gasteiger partial charge in [0.15, 0.2) is 0 Å². The average Bonchev–Trinajstić information content (AvgIpc) is 2.85. The van der Waals surface area contributed by atoms with Crippen molar-refractivity contribution < 1.29 is 14.3 Å². The van der Waals surface area contributed by atoms with E-state index in [9.17, 15) is 9.59 Å². The summed E-state index contributed by atoms with van der Waals surface area (Å²) in [5.74, 6) is -0.0471. The normalized spacial score (nSPS) is 22.5. The minimum absolute atomic E-state index is 0.00462. The van der Waals surface area contributed by atoms with E-state index in [1.54, 1.807) is 16.7 Å². The minimum atomic E-state index is -0.390. The molecule has 1 aromatic rings. The number of nitrogens with zero attached hydrogens (tertiary/aromatic N) is 1. The van der Waals surface area contributed by atoms with Gasteiger partial charge in [0.2, 0.25) is 5.91 Å². The zero-order valence-electron chi connectivity index (χ0n) is 16.1. The molecule has 2 heterocycles. The maximum atomic E-state index is 12.8. The van der Waals surface area contributed by atoms with Gasteiger partial charge in [0.25, 0.3) is 0 Å². The second-order valence-corrected chi connectivity index (χ2v) is 10.2. The van der Waals surface area contributed by atoms with E-state index < -0.39 is 5.97 Å². The molecule has 2 aliphatic rings. The molecular weight excluding hydrogens is 346 g/mol. The van der Waals surface area contributed by atoms with Crippen molar-refractivity contribution >= 4 is 23.6 Å². The Bertz CT molecular complexity index is 733. The van der Waals surface area contributed by atoms with Crippen molar-refractivity contribution in [3.63, 3.8) is 0 Å². The van der Waals surface area contributed by atoms with Crippen LogP contribution in [0.2, 0.25) is 0 Å². The summed E-state index contributed by atoms with van der Waals surface area (Å²) in [5, 5.41) is 0. The van der Waals surface area contributed by atoms with E-state index in [2.05, 4.69) is 34.6 Å².